The summed E-state index contributed by atoms with van der Waals surface area (Å²) in [6.45, 7) is 0. The summed E-state index contributed by atoms with van der Waals surface area (Å²) in [5.41, 5.74) is 2.58. The summed E-state index contributed by atoms with van der Waals surface area (Å²) in [4.78, 5) is 28.0. The van der Waals surface area contributed by atoms with E-state index in [2.05, 4.69) is 25.3 Å². The van der Waals surface area contributed by atoms with Crippen LogP contribution >= 0.6 is 11.3 Å². The number of benzene rings is 1. The van der Waals surface area contributed by atoms with Crippen LogP contribution in [0.5, 0.6) is 0 Å². The zero-order chi connectivity index (χ0) is 17.2. The second-order valence-corrected chi connectivity index (χ2v) is 6.16. The average Bonchev–Trinajstić information content (AvgIpc) is 3.30. The third-order valence-corrected chi connectivity index (χ3v) is 4.45. The summed E-state index contributed by atoms with van der Waals surface area (Å²) in [7, 11) is 0. The average molecular weight is 357 g/mol. The highest BCUT2D eigenvalue weighted by atomic mass is 32.1. The topological polar surface area (TPSA) is 104 Å². The second-order valence-electron chi connectivity index (χ2n) is 5.30. The Labute approximate surface area is 150 Å². The van der Waals surface area contributed by atoms with Crippen molar-refractivity contribution in [3.05, 3.63) is 59.9 Å². The molecule has 3 aromatic heterocycles. The molecule has 1 unspecified atom stereocenters. The molecule has 4 rings (SSSR count). The van der Waals surface area contributed by atoms with Gasteiger partial charge in [0.1, 0.15) is 23.4 Å². The quantitative estimate of drug-likeness (QED) is 0.519. The number of carbonyl (C=O) groups excluding carboxylic acids is 1. The molecule has 0 fully saturated rings. The monoisotopic (exact) mass is 357 g/mol. The Morgan fingerprint density at radius 2 is 2.08 bits per heavy atom. The maximum absolute atomic E-state index is 12.2. The molecule has 0 saturated heterocycles. The normalized spacial score (nSPS) is 12.2. The van der Waals surface area contributed by atoms with Gasteiger partial charge in [-0.25, -0.2) is 15.0 Å². The van der Waals surface area contributed by atoms with Crippen LogP contribution in [-0.2, 0) is 4.79 Å². The molecule has 1 atom stereocenters. The van der Waals surface area contributed by atoms with Crippen LogP contribution in [0.1, 0.15) is 15.9 Å². The van der Waals surface area contributed by atoms with E-state index in [1.807, 2.05) is 12.1 Å². The highest BCUT2D eigenvalue weighted by Crippen LogP contribution is 2.28. The third-order valence-electron chi connectivity index (χ3n) is 3.69. The minimum atomic E-state index is -1.25. The number of aromatic amines is 1. The van der Waals surface area contributed by atoms with Gasteiger partial charge in [-0.15, -0.1) is 11.3 Å². The van der Waals surface area contributed by atoms with Crippen LogP contribution in [0.2, 0.25) is 0 Å². The van der Waals surface area contributed by atoms with E-state index in [0.29, 0.717) is 22.1 Å². The Balaban J connectivity index is 0.00000131. The third kappa shape index (κ3) is 3.00. The number of nitrogens with zero attached hydrogens (tertiary/aromatic N) is 3. The van der Waals surface area contributed by atoms with Gasteiger partial charge < -0.3 is 10.1 Å². The molecule has 3 heterocycles. The number of thiazole rings is 1. The number of carbonyl (C=O) groups is 1. The van der Waals surface area contributed by atoms with Gasteiger partial charge in [-0.05, 0) is 11.6 Å². The van der Waals surface area contributed by atoms with Crippen LogP contribution in [0.3, 0.4) is 0 Å². The Kier molecular flexibility index (Phi) is 3.96. The van der Waals surface area contributed by atoms with Gasteiger partial charge in [-0.2, -0.15) is 0 Å². The van der Waals surface area contributed by atoms with E-state index in [4.69, 9.17) is 0 Å². The Morgan fingerprint density at radius 3 is 2.92 bits per heavy atom. The van der Waals surface area contributed by atoms with E-state index >= 15 is 0 Å². The Bertz CT molecular complexity index is 1040. The van der Waals surface area contributed by atoms with Crippen molar-refractivity contribution in [3.63, 3.8) is 0 Å². The maximum Gasteiger partial charge on any atom is 0.259 e. The molecular weight excluding hydrogens is 338 g/mol. The van der Waals surface area contributed by atoms with E-state index in [0.717, 1.165) is 11.0 Å². The molecule has 1 amide bonds. The number of fused-ring (bicyclic) bond motifs is 1. The van der Waals surface area contributed by atoms with E-state index in [1.54, 1.807) is 35.8 Å². The van der Waals surface area contributed by atoms with E-state index < -0.39 is 12.0 Å². The van der Waals surface area contributed by atoms with Crippen molar-refractivity contribution in [2.24, 2.45) is 0 Å². The molecule has 0 spiro atoms. The van der Waals surface area contributed by atoms with Gasteiger partial charge in [-0.3, -0.25) is 10.1 Å². The van der Waals surface area contributed by atoms with Crippen LogP contribution in [-0.4, -0.2) is 30.9 Å². The molecule has 8 heteroatoms. The highest BCUT2D eigenvalue weighted by molar-refractivity contribution is 7.14. The van der Waals surface area contributed by atoms with Gasteiger partial charge in [0.15, 0.2) is 11.2 Å². The molecule has 130 valence electrons. The van der Waals surface area contributed by atoms with Crippen LogP contribution in [0.15, 0.2) is 54.3 Å². The first-order chi connectivity index (χ1) is 12.2. The predicted molar refractivity (Wildman–Crippen MR) is 101 cm³/mol. The van der Waals surface area contributed by atoms with Crippen LogP contribution < -0.4 is 5.32 Å². The fraction of sp³-hybridized carbons (Fsp3) is 0.0588. The van der Waals surface area contributed by atoms with Crippen molar-refractivity contribution in [1.29, 1.82) is 0 Å². The van der Waals surface area contributed by atoms with Gasteiger partial charge in [0.05, 0.1) is 0 Å². The van der Waals surface area contributed by atoms with Crippen LogP contribution in [0.25, 0.3) is 22.4 Å². The highest BCUT2D eigenvalue weighted by Gasteiger charge is 2.19. The van der Waals surface area contributed by atoms with E-state index in [-0.39, 0.29) is 4.28 Å². The fourth-order valence-electron chi connectivity index (χ4n) is 2.48. The number of H-pyrrole nitrogens is 1. The zero-order valence-electron chi connectivity index (χ0n) is 12.9. The largest absolute Gasteiger partial charge is 0.378 e. The number of aliphatic hydroxyl groups excluding tert-OH is 1. The molecule has 1 aromatic carbocycles. The Morgan fingerprint density at radius 1 is 1.24 bits per heavy atom. The lowest BCUT2D eigenvalue weighted by atomic mass is 10.1. The van der Waals surface area contributed by atoms with Crippen molar-refractivity contribution in [2.45, 2.75) is 6.10 Å². The number of hydrogen-bond donors (Lipinski definition) is 3. The van der Waals surface area contributed by atoms with Gasteiger partial charge in [0.25, 0.3) is 5.91 Å². The van der Waals surface area contributed by atoms with Crippen molar-refractivity contribution in [3.8, 4) is 11.4 Å². The minimum absolute atomic E-state index is 0. The van der Waals surface area contributed by atoms with Crippen LogP contribution in [0.4, 0.5) is 5.13 Å². The van der Waals surface area contributed by atoms with Crippen molar-refractivity contribution >= 4 is 33.4 Å². The number of aromatic nitrogens is 4. The number of anilines is 1. The van der Waals surface area contributed by atoms with E-state index in [9.17, 15) is 9.90 Å². The predicted octanol–water partition coefficient (Wildman–Crippen LogP) is 3.49. The number of hydrogen-bond acceptors (Lipinski definition) is 6. The first-order valence-electron chi connectivity index (χ1n) is 7.50. The smallest absolute Gasteiger partial charge is 0.259 e. The molecule has 0 saturated carbocycles. The molecular formula is C17H19N5O2S. The molecule has 0 bridgehead atoms. The lowest BCUT2D eigenvalue weighted by Crippen LogP contribution is -2.20. The SMILES string of the molecule is O=C(Nc1nc(-c2ncnc3[nH]ccc23)cs1)C(O)c1ccccc1.[HH].[HH].[HH]. The first-order valence-corrected chi connectivity index (χ1v) is 8.38. The molecule has 0 aliphatic carbocycles. The summed E-state index contributed by atoms with van der Waals surface area (Å²) < 4.78 is 0. The zero-order valence-corrected chi connectivity index (χ0v) is 13.7. The van der Waals surface area contributed by atoms with Gasteiger partial charge >= 0.3 is 0 Å². The van der Waals surface area contributed by atoms with Crippen molar-refractivity contribution < 1.29 is 14.2 Å². The second kappa shape index (κ2) is 6.42. The molecule has 0 radical (unpaired) electrons. The fourth-order valence-corrected chi connectivity index (χ4v) is 3.18. The molecule has 7 nitrogen and oxygen atoms in total. The Hall–Kier alpha value is -3.10. The summed E-state index contributed by atoms with van der Waals surface area (Å²) >= 11 is 1.27. The minimum Gasteiger partial charge on any atom is -0.378 e. The van der Waals surface area contributed by atoms with Crippen LogP contribution in [0, 0.1) is 0 Å². The maximum atomic E-state index is 12.2. The molecule has 3 N–H and O–H groups in total. The summed E-state index contributed by atoms with van der Waals surface area (Å²) in [5, 5.41) is 15.8. The molecule has 25 heavy (non-hydrogen) atoms. The van der Waals surface area contributed by atoms with Crippen molar-refractivity contribution in [1.82, 2.24) is 19.9 Å². The molecule has 0 aliphatic heterocycles. The van der Waals surface area contributed by atoms with Gasteiger partial charge in [0, 0.05) is 21.2 Å². The molecule has 4 aromatic rings. The summed E-state index contributed by atoms with van der Waals surface area (Å²) in [6.07, 6.45) is 2.00. The standard InChI is InChI=1S/C17H13N5O2S.3H2/c23-14(10-4-2-1-3-5-10)16(24)22-17-21-12(8-25-17)13-11-6-7-18-15(11)20-9-19-13;;;/h1-9,14,23H,(H,18,19,20)(H,21,22,24);3*1H. The van der Waals surface area contributed by atoms with Gasteiger partial charge in [-0.1, -0.05) is 30.3 Å². The number of nitrogens with one attached hydrogen (secondary N) is 2. The number of rotatable bonds is 4. The lowest BCUT2D eigenvalue weighted by Gasteiger charge is -2.09. The van der Waals surface area contributed by atoms with Crippen molar-refractivity contribution in [2.75, 3.05) is 5.32 Å². The molecule has 0 aliphatic rings. The number of aliphatic hydroxyl groups is 1. The summed E-state index contributed by atoms with van der Waals surface area (Å²) in [5.74, 6) is -0.526. The number of amides is 1. The first kappa shape index (κ1) is 15.4. The van der Waals surface area contributed by atoms with E-state index in [1.165, 1.54) is 17.7 Å². The summed E-state index contributed by atoms with van der Waals surface area (Å²) in [6, 6.07) is 10.6. The van der Waals surface area contributed by atoms with Gasteiger partial charge in [0.2, 0.25) is 0 Å². The lowest BCUT2D eigenvalue weighted by molar-refractivity contribution is -0.124.